The predicted octanol–water partition coefficient (Wildman–Crippen LogP) is 1.03. The van der Waals surface area contributed by atoms with E-state index in [-0.39, 0.29) is 18.3 Å². The molecule has 3 N–H and O–H groups in total. The summed E-state index contributed by atoms with van der Waals surface area (Å²) in [6.07, 6.45) is 2.23. The summed E-state index contributed by atoms with van der Waals surface area (Å²) in [6.45, 7) is 3.04. The normalized spacial score (nSPS) is 18.0. The van der Waals surface area contributed by atoms with Gasteiger partial charge < -0.3 is 15.8 Å². The van der Waals surface area contributed by atoms with Gasteiger partial charge in [0.15, 0.2) is 0 Å². The van der Waals surface area contributed by atoms with Crippen LogP contribution in [0.5, 0.6) is 5.75 Å². The van der Waals surface area contributed by atoms with Crippen LogP contribution in [0.25, 0.3) is 0 Å². The second kappa shape index (κ2) is 9.60. The van der Waals surface area contributed by atoms with Crippen molar-refractivity contribution in [1.29, 1.82) is 0 Å². The van der Waals surface area contributed by atoms with Gasteiger partial charge in [0, 0.05) is 12.6 Å². The number of hydrogen-bond acceptors (Lipinski definition) is 4. The van der Waals surface area contributed by atoms with Crippen molar-refractivity contribution in [3.05, 3.63) is 30.3 Å². The van der Waals surface area contributed by atoms with Crippen molar-refractivity contribution < 1.29 is 9.53 Å². The number of carbonyl (C=O) groups is 1. The third kappa shape index (κ3) is 5.91. The summed E-state index contributed by atoms with van der Waals surface area (Å²) in [5.74, 6) is 0.867. The Hall–Kier alpha value is -1.30. The quantitative estimate of drug-likeness (QED) is 0.738. The molecule has 1 amide bonds. The minimum Gasteiger partial charge on any atom is -0.492 e. The van der Waals surface area contributed by atoms with Gasteiger partial charge in [-0.15, -0.1) is 12.4 Å². The molecule has 1 aromatic rings. The first-order chi connectivity index (χ1) is 9.79. The summed E-state index contributed by atoms with van der Waals surface area (Å²) < 4.78 is 5.52. The lowest BCUT2D eigenvalue weighted by molar-refractivity contribution is -0.122. The van der Waals surface area contributed by atoms with Crippen LogP contribution in [0.2, 0.25) is 0 Å². The van der Waals surface area contributed by atoms with Gasteiger partial charge in [-0.05, 0) is 31.5 Å². The van der Waals surface area contributed by atoms with Gasteiger partial charge in [0.25, 0.3) is 0 Å². The van der Waals surface area contributed by atoms with E-state index in [1.807, 2.05) is 30.3 Å². The molecule has 21 heavy (non-hydrogen) atoms. The first-order valence-electron chi connectivity index (χ1n) is 7.18. The fourth-order valence-electron chi connectivity index (χ4n) is 2.49. The Bertz CT molecular complexity index is 417. The Labute approximate surface area is 132 Å². The minimum absolute atomic E-state index is 0. The third-order valence-corrected chi connectivity index (χ3v) is 3.55. The maximum Gasteiger partial charge on any atom is 0.234 e. The van der Waals surface area contributed by atoms with Gasteiger partial charge in [-0.1, -0.05) is 18.2 Å². The predicted molar refractivity (Wildman–Crippen MR) is 85.8 cm³/mol. The number of halogens is 1. The molecule has 1 heterocycles. The number of rotatable bonds is 7. The monoisotopic (exact) mass is 313 g/mol. The lowest BCUT2D eigenvalue weighted by Crippen LogP contribution is -2.43. The summed E-state index contributed by atoms with van der Waals surface area (Å²) in [4.78, 5) is 14.0. The van der Waals surface area contributed by atoms with E-state index in [9.17, 15) is 4.79 Å². The Morgan fingerprint density at radius 2 is 2.14 bits per heavy atom. The lowest BCUT2D eigenvalue weighted by atomic mass is 10.2. The summed E-state index contributed by atoms with van der Waals surface area (Å²) in [6, 6.07) is 9.96. The van der Waals surface area contributed by atoms with Gasteiger partial charge in [-0.2, -0.15) is 0 Å². The first kappa shape index (κ1) is 17.8. The van der Waals surface area contributed by atoms with Crippen LogP contribution in [-0.2, 0) is 4.79 Å². The molecule has 0 aromatic heterocycles. The van der Waals surface area contributed by atoms with E-state index in [1.165, 1.54) is 0 Å². The van der Waals surface area contributed by atoms with Gasteiger partial charge >= 0.3 is 0 Å². The maximum absolute atomic E-state index is 11.8. The molecule has 1 aromatic carbocycles. The molecule has 6 heteroatoms. The van der Waals surface area contributed by atoms with Crippen molar-refractivity contribution in [3.8, 4) is 5.75 Å². The van der Waals surface area contributed by atoms with Crippen molar-refractivity contribution in [1.82, 2.24) is 10.2 Å². The molecule has 1 atom stereocenters. The molecular formula is C15H24ClN3O2. The van der Waals surface area contributed by atoms with Crippen LogP contribution < -0.4 is 15.8 Å². The van der Waals surface area contributed by atoms with Gasteiger partial charge in [-0.3, -0.25) is 9.69 Å². The molecule has 1 fully saturated rings. The molecule has 0 bridgehead atoms. The van der Waals surface area contributed by atoms with Crippen LogP contribution in [0.1, 0.15) is 12.8 Å². The van der Waals surface area contributed by atoms with E-state index in [0.29, 0.717) is 32.3 Å². The number of benzene rings is 1. The first-order valence-corrected chi connectivity index (χ1v) is 7.18. The summed E-state index contributed by atoms with van der Waals surface area (Å²) in [7, 11) is 0. The number of likely N-dealkylation sites (tertiary alicyclic amines) is 1. The van der Waals surface area contributed by atoms with E-state index >= 15 is 0 Å². The molecule has 0 radical (unpaired) electrons. The summed E-state index contributed by atoms with van der Waals surface area (Å²) >= 11 is 0. The van der Waals surface area contributed by atoms with Crippen LogP contribution >= 0.6 is 12.4 Å². The standard InChI is InChI=1S/C15H23N3O2.ClH/c16-11-13-5-4-9-18(13)12-15(19)17-8-10-20-14-6-2-1-3-7-14;/h1-3,6-7,13H,4-5,8-12,16H2,(H,17,19);1H. The molecule has 1 aliphatic rings. The van der Waals surface area contributed by atoms with Gasteiger partial charge in [0.1, 0.15) is 12.4 Å². The molecule has 0 aliphatic carbocycles. The van der Waals surface area contributed by atoms with Crippen molar-refractivity contribution >= 4 is 18.3 Å². The molecular weight excluding hydrogens is 290 g/mol. The molecule has 0 saturated carbocycles. The number of carbonyl (C=O) groups excluding carboxylic acids is 1. The molecule has 118 valence electrons. The van der Waals surface area contributed by atoms with E-state index in [4.69, 9.17) is 10.5 Å². The number of nitrogens with one attached hydrogen (secondary N) is 1. The Morgan fingerprint density at radius 1 is 1.38 bits per heavy atom. The Balaban J connectivity index is 0.00000220. The number of hydrogen-bond donors (Lipinski definition) is 2. The highest BCUT2D eigenvalue weighted by atomic mass is 35.5. The zero-order valence-corrected chi connectivity index (χ0v) is 13.0. The van der Waals surface area contributed by atoms with E-state index < -0.39 is 0 Å². The molecule has 1 unspecified atom stereocenters. The number of para-hydroxylation sites is 1. The highest BCUT2D eigenvalue weighted by Crippen LogP contribution is 2.15. The lowest BCUT2D eigenvalue weighted by Gasteiger charge is -2.22. The topological polar surface area (TPSA) is 67.6 Å². The van der Waals surface area contributed by atoms with E-state index in [0.717, 1.165) is 25.1 Å². The number of ether oxygens (including phenoxy) is 1. The van der Waals surface area contributed by atoms with Crippen LogP contribution in [0.3, 0.4) is 0 Å². The van der Waals surface area contributed by atoms with Gasteiger partial charge in [0.2, 0.25) is 5.91 Å². The average molecular weight is 314 g/mol. The van der Waals surface area contributed by atoms with Crippen LogP contribution in [0, 0.1) is 0 Å². The maximum atomic E-state index is 11.8. The minimum atomic E-state index is 0. The molecule has 1 saturated heterocycles. The Morgan fingerprint density at radius 3 is 2.86 bits per heavy atom. The molecule has 5 nitrogen and oxygen atoms in total. The molecule has 1 aliphatic heterocycles. The number of nitrogens with zero attached hydrogens (tertiary/aromatic N) is 1. The van der Waals surface area contributed by atoms with Crippen LogP contribution in [-0.4, -0.2) is 49.6 Å². The molecule has 0 spiro atoms. The highest BCUT2D eigenvalue weighted by molar-refractivity contribution is 5.85. The van der Waals surface area contributed by atoms with E-state index in [1.54, 1.807) is 0 Å². The second-order valence-corrected chi connectivity index (χ2v) is 5.01. The van der Waals surface area contributed by atoms with E-state index in [2.05, 4.69) is 10.2 Å². The Kier molecular flexibility index (Phi) is 8.12. The van der Waals surface area contributed by atoms with Crippen molar-refractivity contribution in [2.24, 2.45) is 5.73 Å². The van der Waals surface area contributed by atoms with Crippen LogP contribution in [0.15, 0.2) is 30.3 Å². The SMILES string of the molecule is Cl.NCC1CCCN1CC(=O)NCCOc1ccccc1. The zero-order valence-electron chi connectivity index (χ0n) is 12.2. The second-order valence-electron chi connectivity index (χ2n) is 5.01. The van der Waals surface area contributed by atoms with Gasteiger partial charge in [0.05, 0.1) is 13.1 Å². The smallest absolute Gasteiger partial charge is 0.234 e. The van der Waals surface area contributed by atoms with Crippen molar-refractivity contribution in [3.63, 3.8) is 0 Å². The summed E-state index contributed by atoms with van der Waals surface area (Å²) in [5, 5.41) is 2.88. The van der Waals surface area contributed by atoms with Crippen LogP contribution in [0.4, 0.5) is 0 Å². The fraction of sp³-hybridized carbons (Fsp3) is 0.533. The van der Waals surface area contributed by atoms with Crippen molar-refractivity contribution in [2.75, 3.05) is 32.8 Å². The molecule has 2 rings (SSSR count). The average Bonchev–Trinajstić information content (AvgIpc) is 2.92. The van der Waals surface area contributed by atoms with Gasteiger partial charge in [-0.25, -0.2) is 0 Å². The fourth-order valence-corrected chi connectivity index (χ4v) is 2.49. The third-order valence-electron chi connectivity index (χ3n) is 3.55. The van der Waals surface area contributed by atoms with Crippen molar-refractivity contribution in [2.45, 2.75) is 18.9 Å². The number of nitrogens with two attached hydrogens (primary N) is 1. The largest absolute Gasteiger partial charge is 0.492 e. The highest BCUT2D eigenvalue weighted by Gasteiger charge is 2.24. The zero-order chi connectivity index (χ0) is 14.2. The summed E-state index contributed by atoms with van der Waals surface area (Å²) in [5.41, 5.74) is 5.69. The number of amides is 1.